The van der Waals surface area contributed by atoms with Crippen molar-refractivity contribution in [3.63, 3.8) is 0 Å². The third kappa shape index (κ3) is 3.41. The second kappa shape index (κ2) is 5.98. The molecule has 0 unspecified atom stereocenters. The molecule has 0 saturated carbocycles. The SMILES string of the molecule is CNc1cc(CN2CCC(OC)CC2)ccn1. The highest BCUT2D eigenvalue weighted by atomic mass is 16.5. The number of pyridine rings is 1. The van der Waals surface area contributed by atoms with Crippen molar-refractivity contribution in [1.82, 2.24) is 9.88 Å². The van der Waals surface area contributed by atoms with E-state index in [0.717, 1.165) is 38.3 Å². The van der Waals surface area contributed by atoms with Gasteiger partial charge < -0.3 is 10.1 Å². The minimum absolute atomic E-state index is 0.455. The molecule has 0 bridgehead atoms. The lowest BCUT2D eigenvalue weighted by atomic mass is 10.1. The number of rotatable bonds is 4. The molecule has 0 atom stereocenters. The van der Waals surface area contributed by atoms with Crippen molar-refractivity contribution in [1.29, 1.82) is 0 Å². The third-order valence-corrected chi connectivity index (χ3v) is 3.35. The average Bonchev–Trinajstić information content (AvgIpc) is 2.40. The molecule has 2 heterocycles. The zero-order valence-corrected chi connectivity index (χ0v) is 10.6. The molecule has 1 aliphatic rings. The number of aromatic nitrogens is 1. The number of anilines is 1. The predicted molar refractivity (Wildman–Crippen MR) is 69.1 cm³/mol. The number of methoxy groups -OCH3 is 1. The Kier molecular flexibility index (Phi) is 4.34. The number of nitrogens with zero attached hydrogens (tertiary/aromatic N) is 2. The van der Waals surface area contributed by atoms with E-state index in [-0.39, 0.29) is 0 Å². The van der Waals surface area contributed by atoms with Gasteiger partial charge in [0.05, 0.1) is 6.10 Å². The normalized spacial score (nSPS) is 18.2. The van der Waals surface area contributed by atoms with Gasteiger partial charge in [0.15, 0.2) is 0 Å². The van der Waals surface area contributed by atoms with Gasteiger partial charge in [-0.15, -0.1) is 0 Å². The molecule has 94 valence electrons. The Morgan fingerprint density at radius 2 is 2.24 bits per heavy atom. The van der Waals surface area contributed by atoms with E-state index in [4.69, 9.17) is 4.74 Å². The quantitative estimate of drug-likeness (QED) is 0.862. The Balaban J connectivity index is 1.88. The van der Waals surface area contributed by atoms with Crippen LogP contribution in [0, 0.1) is 0 Å². The summed E-state index contributed by atoms with van der Waals surface area (Å²) in [6.07, 6.45) is 4.60. The van der Waals surface area contributed by atoms with Gasteiger partial charge in [0.2, 0.25) is 0 Å². The van der Waals surface area contributed by atoms with Crippen LogP contribution in [0.4, 0.5) is 5.82 Å². The molecular formula is C13H21N3O. The van der Waals surface area contributed by atoms with E-state index in [1.165, 1.54) is 5.56 Å². The molecule has 0 radical (unpaired) electrons. The fourth-order valence-corrected chi connectivity index (χ4v) is 2.27. The molecule has 2 rings (SSSR count). The van der Waals surface area contributed by atoms with E-state index < -0.39 is 0 Å². The Bertz CT molecular complexity index is 348. The summed E-state index contributed by atoms with van der Waals surface area (Å²) >= 11 is 0. The Labute approximate surface area is 103 Å². The molecule has 1 aliphatic heterocycles. The summed E-state index contributed by atoms with van der Waals surface area (Å²) in [7, 11) is 3.71. The first-order chi connectivity index (χ1) is 8.31. The summed E-state index contributed by atoms with van der Waals surface area (Å²) in [5.74, 6) is 0.939. The van der Waals surface area contributed by atoms with Crippen LogP contribution >= 0.6 is 0 Å². The van der Waals surface area contributed by atoms with Crippen molar-refractivity contribution in [3.05, 3.63) is 23.9 Å². The highest BCUT2D eigenvalue weighted by Gasteiger charge is 2.18. The number of hydrogen-bond donors (Lipinski definition) is 1. The van der Waals surface area contributed by atoms with Crippen LogP contribution in [0.5, 0.6) is 0 Å². The van der Waals surface area contributed by atoms with Crippen molar-refractivity contribution >= 4 is 5.82 Å². The molecule has 17 heavy (non-hydrogen) atoms. The zero-order chi connectivity index (χ0) is 12.1. The summed E-state index contributed by atoms with van der Waals surface area (Å²) in [6.45, 7) is 3.25. The number of hydrogen-bond acceptors (Lipinski definition) is 4. The van der Waals surface area contributed by atoms with Crippen LogP contribution in [-0.4, -0.2) is 43.2 Å². The Morgan fingerprint density at radius 1 is 1.47 bits per heavy atom. The van der Waals surface area contributed by atoms with Gasteiger partial charge in [-0.1, -0.05) is 0 Å². The van der Waals surface area contributed by atoms with Crippen molar-refractivity contribution < 1.29 is 4.74 Å². The largest absolute Gasteiger partial charge is 0.381 e. The number of piperidine rings is 1. The van der Waals surface area contributed by atoms with Crippen LogP contribution in [0.3, 0.4) is 0 Å². The molecule has 1 aromatic rings. The monoisotopic (exact) mass is 235 g/mol. The van der Waals surface area contributed by atoms with Gasteiger partial charge in [-0.25, -0.2) is 4.98 Å². The topological polar surface area (TPSA) is 37.4 Å². The van der Waals surface area contributed by atoms with Crippen LogP contribution in [0.1, 0.15) is 18.4 Å². The van der Waals surface area contributed by atoms with Crippen molar-refractivity contribution in [2.75, 3.05) is 32.6 Å². The van der Waals surface area contributed by atoms with Gasteiger partial charge >= 0.3 is 0 Å². The lowest BCUT2D eigenvalue weighted by Crippen LogP contribution is -2.36. The molecule has 0 amide bonds. The zero-order valence-electron chi connectivity index (χ0n) is 10.6. The van der Waals surface area contributed by atoms with E-state index in [2.05, 4.69) is 27.3 Å². The van der Waals surface area contributed by atoms with Gasteiger partial charge in [-0.05, 0) is 30.5 Å². The van der Waals surface area contributed by atoms with E-state index in [9.17, 15) is 0 Å². The fourth-order valence-electron chi connectivity index (χ4n) is 2.27. The van der Waals surface area contributed by atoms with E-state index in [1.807, 2.05) is 20.4 Å². The summed E-state index contributed by atoms with van der Waals surface area (Å²) in [4.78, 5) is 6.70. The van der Waals surface area contributed by atoms with Gasteiger partial charge in [0.1, 0.15) is 5.82 Å². The van der Waals surface area contributed by atoms with E-state index >= 15 is 0 Å². The van der Waals surface area contributed by atoms with Gasteiger partial charge in [0.25, 0.3) is 0 Å². The molecule has 1 aromatic heterocycles. The maximum Gasteiger partial charge on any atom is 0.125 e. The molecule has 1 saturated heterocycles. The lowest BCUT2D eigenvalue weighted by molar-refractivity contribution is 0.0388. The predicted octanol–water partition coefficient (Wildman–Crippen LogP) is 1.73. The fraction of sp³-hybridized carbons (Fsp3) is 0.615. The van der Waals surface area contributed by atoms with Crippen LogP contribution in [0.25, 0.3) is 0 Å². The van der Waals surface area contributed by atoms with Gasteiger partial charge in [0, 0.05) is 40.0 Å². The second-order valence-corrected chi connectivity index (χ2v) is 4.51. The van der Waals surface area contributed by atoms with Crippen molar-refractivity contribution in [2.24, 2.45) is 0 Å². The standard InChI is InChI=1S/C13H21N3O/c1-14-13-9-11(3-6-15-13)10-16-7-4-12(17-2)5-8-16/h3,6,9,12H,4-5,7-8,10H2,1-2H3,(H,14,15). The smallest absolute Gasteiger partial charge is 0.125 e. The Morgan fingerprint density at radius 3 is 2.88 bits per heavy atom. The highest BCUT2D eigenvalue weighted by Crippen LogP contribution is 2.16. The Hall–Kier alpha value is -1.13. The average molecular weight is 235 g/mol. The van der Waals surface area contributed by atoms with Crippen LogP contribution in [0.2, 0.25) is 0 Å². The number of ether oxygens (including phenoxy) is 1. The van der Waals surface area contributed by atoms with E-state index in [1.54, 1.807) is 0 Å². The van der Waals surface area contributed by atoms with Crippen molar-refractivity contribution in [2.45, 2.75) is 25.5 Å². The van der Waals surface area contributed by atoms with Crippen LogP contribution in [-0.2, 0) is 11.3 Å². The number of nitrogens with one attached hydrogen (secondary N) is 1. The molecule has 0 spiro atoms. The summed E-state index contributed by atoms with van der Waals surface area (Å²) < 4.78 is 5.38. The minimum atomic E-state index is 0.455. The molecule has 4 nitrogen and oxygen atoms in total. The maximum absolute atomic E-state index is 5.38. The molecule has 1 N–H and O–H groups in total. The second-order valence-electron chi connectivity index (χ2n) is 4.51. The van der Waals surface area contributed by atoms with Crippen molar-refractivity contribution in [3.8, 4) is 0 Å². The first kappa shape index (κ1) is 12.3. The third-order valence-electron chi connectivity index (χ3n) is 3.35. The first-order valence-electron chi connectivity index (χ1n) is 6.19. The van der Waals surface area contributed by atoms with Crippen LogP contribution < -0.4 is 5.32 Å². The summed E-state index contributed by atoms with van der Waals surface area (Å²) in [5.41, 5.74) is 1.32. The number of likely N-dealkylation sites (tertiary alicyclic amines) is 1. The van der Waals surface area contributed by atoms with E-state index in [0.29, 0.717) is 6.10 Å². The van der Waals surface area contributed by atoms with Gasteiger partial charge in [-0.3, -0.25) is 4.90 Å². The minimum Gasteiger partial charge on any atom is -0.381 e. The van der Waals surface area contributed by atoms with Gasteiger partial charge in [-0.2, -0.15) is 0 Å². The summed E-state index contributed by atoms with van der Waals surface area (Å²) in [5, 5.41) is 3.07. The molecule has 0 aliphatic carbocycles. The maximum atomic E-state index is 5.38. The lowest BCUT2D eigenvalue weighted by Gasteiger charge is -2.31. The van der Waals surface area contributed by atoms with Crippen LogP contribution in [0.15, 0.2) is 18.3 Å². The highest BCUT2D eigenvalue weighted by molar-refractivity contribution is 5.36. The molecular weight excluding hydrogens is 214 g/mol. The first-order valence-corrected chi connectivity index (χ1v) is 6.19. The summed E-state index contributed by atoms with van der Waals surface area (Å²) in [6, 6.07) is 4.20. The molecule has 1 fully saturated rings. The molecule has 4 heteroatoms. The molecule has 0 aromatic carbocycles.